The predicted octanol–water partition coefficient (Wildman–Crippen LogP) is 4.08. The molecule has 0 spiro atoms. The van der Waals surface area contributed by atoms with Crippen molar-refractivity contribution < 1.29 is 4.39 Å². The van der Waals surface area contributed by atoms with Gasteiger partial charge in [-0.05, 0) is 54.8 Å². The van der Waals surface area contributed by atoms with Crippen LogP contribution in [0.4, 0.5) is 10.2 Å². The number of hydrogen-bond donors (Lipinski definition) is 2. The first kappa shape index (κ1) is 13.4. The minimum atomic E-state index is -0.265. The SMILES string of the molecule is Cc1ccc(-c2c(N)n[nH]c2-c2ccc(F)cc2)cc1C. The third-order valence-electron chi connectivity index (χ3n) is 3.72. The van der Waals surface area contributed by atoms with Crippen LogP contribution >= 0.6 is 0 Å². The smallest absolute Gasteiger partial charge is 0.153 e. The Morgan fingerprint density at radius 1 is 0.952 bits per heavy atom. The van der Waals surface area contributed by atoms with Gasteiger partial charge in [-0.15, -0.1) is 0 Å². The van der Waals surface area contributed by atoms with Gasteiger partial charge in [-0.25, -0.2) is 4.39 Å². The first-order chi connectivity index (χ1) is 10.1. The molecule has 2 aromatic carbocycles. The Hall–Kier alpha value is -2.62. The third-order valence-corrected chi connectivity index (χ3v) is 3.72. The van der Waals surface area contributed by atoms with E-state index in [9.17, 15) is 4.39 Å². The molecule has 21 heavy (non-hydrogen) atoms. The molecule has 0 aliphatic rings. The number of benzene rings is 2. The number of rotatable bonds is 2. The molecule has 0 radical (unpaired) electrons. The second-order valence-electron chi connectivity index (χ2n) is 5.16. The van der Waals surface area contributed by atoms with Crippen LogP contribution in [0.5, 0.6) is 0 Å². The predicted molar refractivity (Wildman–Crippen MR) is 83.3 cm³/mol. The van der Waals surface area contributed by atoms with E-state index in [1.54, 1.807) is 12.1 Å². The van der Waals surface area contributed by atoms with Crippen LogP contribution < -0.4 is 5.73 Å². The maximum Gasteiger partial charge on any atom is 0.153 e. The molecule has 0 saturated carbocycles. The average molecular weight is 281 g/mol. The Balaban J connectivity index is 2.16. The van der Waals surface area contributed by atoms with Crippen molar-refractivity contribution in [2.45, 2.75) is 13.8 Å². The highest BCUT2D eigenvalue weighted by Gasteiger charge is 2.15. The Bertz CT molecular complexity index is 788. The summed E-state index contributed by atoms with van der Waals surface area (Å²) in [5, 5.41) is 7.05. The number of hydrogen-bond acceptors (Lipinski definition) is 2. The number of nitrogens with one attached hydrogen (secondary N) is 1. The van der Waals surface area contributed by atoms with Crippen molar-refractivity contribution in [3.8, 4) is 22.4 Å². The molecular formula is C17H16FN3. The van der Waals surface area contributed by atoms with Crippen molar-refractivity contribution in [1.82, 2.24) is 10.2 Å². The number of aryl methyl sites for hydroxylation is 2. The average Bonchev–Trinajstić information content (AvgIpc) is 2.85. The van der Waals surface area contributed by atoms with Crippen LogP contribution in [0.2, 0.25) is 0 Å². The lowest BCUT2D eigenvalue weighted by molar-refractivity contribution is 0.628. The molecule has 1 aromatic heterocycles. The molecule has 3 nitrogen and oxygen atoms in total. The second kappa shape index (κ2) is 5.05. The van der Waals surface area contributed by atoms with Crippen LogP contribution in [0.25, 0.3) is 22.4 Å². The Morgan fingerprint density at radius 2 is 1.62 bits per heavy atom. The van der Waals surface area contributed by atoms with Crippen LogP contribution in [0.3, 0.4) is 0 Å². The van der Waals surface area contributed by atoms with Gasteiger partial charge in [-0.3, -0.25) is 5.10 Å². The van der Waals surface area contributed by atoms with Crippen LogP contribution in [0.1, 0.15) is 11.1 Å². The van der Waals surface area contributed by atoms with E-state index in [1.165, 1.54) is 23.3 Å². The van der Waals surface area contributed by atoms with E-state index in [2.05, 4.69) is 36.2 Å². The van der Waals surface area contributed by atoms with Crippen molar-refractivity contribution in [3.63, 3.8) is 0 Å². The van der Waals surface area contributed by atoms with Gasteiger partial charge in [0.2, 0.25) is 0 Å². The Labute approximate surface area is 122 Å². The molecule has 0 amide bonds. The zero-order chi connectivity index (χ0) is 15.0. The number of H-pyrrole nitrogens is 1. The number of nitrogens with two attached hydrogens (primary N) is 1. The molecule has 0 atom stereocenters. The molecule has 3 rings (SSSR count). The minimum Gasteiger partial charge on any atom is -0.382 e. The fourth-order valence-corrected chi connectivity index (χ4v) is 2.37. The number of aromatic amines is 1. The number of anilines is 1. The van der Waals surface area contributed by atoms with E-state index in [4.69, 9.17) is 5.73 Å². The largest absolute Gasteiger partial charge is 0.382 e. The van der Waals surface area contributed by atoms with Gasteiger partial charge in [-0.2, -0.15) is 5.10 Å². The van der Waals surface area contributed by atoms with E-state index in [1.807, 2.05) is 6.07 Å². The normalized spacial score (nSPS) is 10.8. The molecule has 0 aliphatic heterocycles. The molecule has 106 valence electrons. The summed E-state index contributed by atoms with van der Waals surface area (Å²) in [6, 6.07) is 12.5. The number of aromatic nitrogens is 2. The lowest BCUT2D eigenvalue weighted by Crippen LogP contribution is -1.90. The summed E-state index contributed by atoms with van der Waals surface area (Å²) in [5.41, 5.74) is 11.9. The van der Waals surface area contributed by atoms with Crippen LogP contribution in [-0.4, -0.2) is 10.2 Å². The quantitative estimate of drug-likeness (QED) is 0.743. The van der Waals surface area contributed by atoms with Crippen LogP contribution in [-0.2, 0) is 0 Å². The second-order valence-corrected chi connectivity index (χ2v) is 5.16. The molecule has 3 aromatic rings. The molecule has 0 fully saturated rings. The highest BCUT2D eigenvalue weighted by molar-refractivity contribution is 5.88. The zero-order valence-electron chi connectivity index (χ0n) is 11.9. The molecule has 0 unspecified atom stereocenters. The van der Waals surface area contributed by atoms with Gasteiger partial charge in [0.05, 0.1) is 11.3 Å². The summed E-state index contributed by atoms with van der Waals surface area (Å²) in [7, 11) is 0. The fourth-order valence-electron chi connectivity index (χ4n) is 2.37. The first-order valence-corrected chi connectivity index (χ1v) is 6.73. The molecule has 1 heterocycles. The zero-order valence-corrected chi connectivity index (χ0v) is 11.9. The van der Waals surface area contributed by atoms with Crippen molar-refractivity contribution in [3.05, 3.63) is 59.4 Å². The van der Waals surface area contributed by atoms with Gasteiger partial charge in [0.15, 0.2) is 5.82 Å². The van der Waals surface area contributed by atoms with E-state index >= 15 is 0 Å². The van der Waals surface area contributed by atoms with Crippen molar-refractivity contribution >= 4 is 5.82 Å². The lowest BCUT2D eigenvalue weighted by Gasteiger charge is -2.07. The van der Waals surface area contributed by atoms with E-state index in [0.29, 0.717) is 5.82 Å². The molecule has 0 aliphatic carbocycles. The number of nitrogens with zero attached hydrogens (tertiary/aromatic N) is 1. The van der Waals surface area contributed by atoms with Gasteiger partial charge in [0.25, 0.3) is 0 Å². The van der Waals surface area contributed by atoms with E-state index in [0.717, 1.165) is 22.4 Å². The summed E-state index contributed by atoms with van der Waals surface area (Å²) in [5.74, 6) is 0.177. The van der Waals surface area contributed by atoms with Crippen molar-refractivity contribution in [2.24, 2.45) is 0 Å². The highest BCUT2D eigenvalue weighted by atomic mass is 19.1. The topological polar surface area (TPSA) is 54.7 Å². The summed E-state index contributed by atoms with van der Waals surface area (Å²) in [6.45, 7) is 4.13. The van der Waals surface area contributed by atoms with Crippen LogP contribution in [0.15, 0.2) is 42.5 Å². The molecule has 3 N–H and O–H groups in total. The summed E-state index contributed by atoms with van der Waals surface area (Å²) >= 11 is 0. The molecular weight excluding hydrogens is 265 g/mol. The maximum absolute atomic E-state index is 13.1. The minimum absolute atomic E-state index is 0.265. The summed E-state index contributed by atoms with van der Waals surface area (Å²) in [4.78, 5) is 0. The Morgan fingerprint density at radius 3 is 2.29 bits per heavy atom. The Kier molecular flexibility index (Phi) is 3.22. The molecule has 0 saturated heterocycles. The standard InChI is InChI=1S/C17H16FN3/c1-10-3-4-13(9-11(10)2)15-16(20-21-17(15)19)12-5-7-14(18)8-6-12/h3-9H,1-2H3,(H3,19,20,21). The molecule has 4 heteroatoms. The fraction of sp³-hybridized carbons (Fsp3) is 0.118. The van der Waals surface area contributed by atoms with Crippen molar-refractivity contribution in [1.29, 1.82) is 0 Å². The van der Waals surface area contributed by atoms with Crippen LogP contribution in [0, 0.1) is 19.7 Å². The third kappa shape index (κ3) is 2.40. The van der Waals surface area contributed by atoms with Gasteiger partial charge in [-0.1, -0.05) is 18.2 Å². The summed E-state index contributed by atoms with van der Waals surface area (Å²) < 4.78 is 13.1. The van der Waals surface area contributed by atoms with E-state index in [-0.39, 0.29) is 5.82 Å². The van der Waals surface area contributed by atoms with Gasteiger partial charge >= 0.3 is 0 Å². The summed E-state index contributed by atoms with van der Waals surface area (Å²) in [6.07, 6.45) is 0. The van der Waals surface area contributed by atoms with Crippen molar-refractivity contribution in [2.75, 3.05) is 5.73 Å². The van der Waals surface area contributed by atoms with Gasteiger partial charge in [0.1, 0.15) is 5.82 Å². The van der Waals surface area contributed by atoms with Gasteiger partial charge < -0.3 is 5.73 Å². The first-order valence-electron chi connectivity index (χ1n) is 6.73. The maximum atomic E-state index is 13.1. The molecule has 0 bridgehead atoms. The number of nitrogen functional groups attached to an aromatic ring is 1. The lowest BCUT2D eigenvalue weighted by atomic mass is 9.97. The van der Waals surface area contributed by atoms with E-state index < -0.39 is 0 Å². The monoisotopic (exact) mass is 281 g/mol. The highest BCUT2D eigenvalue weighted by Crippen LogP contribution is 2.35. The number of halogens is 1. The van der Waals surface area contributed by atoms with Gasteiger partial charge in [0, 0.05) is 5.56 Å².